The fraction of sp³-hybridized carbons (Fsp3) is 0.500. The molecule has 0 bridgehead atoms. The molecular weight excluding hydrogens is 298 g/mol. The van der Waals surface area contributed by atoms with E-state index in [1.807, 2.05) is 41.2 Å². The molecule has 6 heteroatoms. The fourth-order valence-corrected chi connectivity index (χ4v) is 3.81. The van der Waals surface area contributed by atoms with Crippen LogP contribution in [0.4, 0.5) is 0 Å². The summed E-state index contributed by atoms with van der Waals surface area (Å²) in [5.41, 5.74) is 2.24. The molecule has 1 aliphatic rings. The van der Waals surface area contributed by atoms with Crippen LogP contribution in [0.2, 0.25) is 0 Å². The van der Waals surface area contributed by atoms with Crippen LogP contribution in [0.3, 0.4) is 0 Å². The van der Waals surface area contributed by atoms with Crippen LogP contribution in [0.1, 0.15) is 17.5 Å². The highest BCUT2D eigenvalue weighted by Gasteiger charge is 2.37. The molecule has 5 nitrogen and oxygen atoms in total. The maximum atomic E-state index is 12.6. The number of aryl methyl sites for hydroxylation is 1. The lowest BCUT2D eigenvalue weighted by Crippen LogP contribution is -2.42. The van der Waals surface area contributed by atoms with Crippen LogP contribution in [-0.2, 0) is 29.4 Å². The zero-order chi connectivity index (χ0) is 15.5. The van der Waals surface area contributed by atoms with Gasteiger partial charge in [0.05, 0.1) is 24.8 Å². The number of thiophene rings is 1. The lowest BCUT2D eigenvalue weighted by Gasteiger charge is -2.27. The van der Waals surface area contributed by atoms with Crippen LogP contribution in [0.15, 0.2) is 29.2 Å². The smallest absolute Gasteiger partial charge is 0.227 e. The van der Waals surface area contributed by atoms with E-state index in [9.17, 15) is 4.79 Å². The number of methoxy groups -OCH3 is 1. The van der Waals surface area contributed by atoms with Crippen molar-refractivity contribution < 1.29 is 9.53 Å². The third-order valence-electron chi connectivity index (χ3n) is 4.25. The molecule has 3 heterocycles. The lowest BCUT2D eigenvalue weighted by molar-refractivity contribution is -0.132. The van der Waals surface area contributed by atoms with E-state index in [-0.39, 0.29) is 18.1 Å². The molecule has 0 N–H and O–H groups in total. The number of nitrogens with zero attached hydrogens (tertiary/aromatic N) is 3. The zero-order valence-electron chi connectivity index (χ0n) is 12.9. The number of hydrogen-bond acceptors (Lipinski definition) is 4. The average molecular weight is 319 g/mol. The predicted molar refractivity (Wildman–Crippen MR) is 85.9 cm³/mol. The highest BCUT2D eigenvalue weighted by Crippen LogP contribution is 2.25. The van der Waals surface area contributed by atoms with Gasteiger partial charge in [-0.1, -0.05) is 0 Å². The summed E-state index contributed by atoms with van der Waals surface area (Å²) in [5, 5.41) is 8.27. The molecule has 0 spiro atoms. The number of carbonyl (C=O) groups excluding carboxylic acids is 1. The quantitative estimate of drug-likeness (QED) is 0.845. The molecule has 0 radical (unpaired) electrons. The maximum absolute atomic E-state index is 12.6. The Morgan fingerprint density at radius 1 is 1.50 bits per heavy atom. The van der Waals surface area contributed by atoms with Crippen LogP contribution < -0.4 is 0 Å². The van der Waals surface area contributed by atoms with E-state index in [0.717, 1.165) is 30.5 Å². The van der Waals surface area contributed by atoms with Gasteiger partial charge in [-0.25, -0.2) is 0 Å². The molecule has 2 atom stereocenters. The summed E-state index contributed by atoms with van der Waals surface area (Å²) < 4.78 is 7.39. The minimum Gasteiger partial charge on any atom is -0.379 e. The van der Waals surface area contributed by atoms with Crippen molar-refractivity contribution in [1.82, 2.24) is 14.7 Å². The van der Waals surface area contributed by atoms with Crippen LogP contribution in [-0.4, -0.2) is 46.4 Å². The van der Waals surface area contributed by atoms with E-state index < -0.39 is 0 Å². The number of aromatic nitrogens is 2. The summed E-state index contributed by atoms with van der Waals surface area (Å²) in [7, 11) is 3.64. The van der Waals surface area contributed by atoms with Crippen molar-refractivity contribution in [2.75, 3.05) is 13.7 Å². The topological polar surface area (TPSA) is 47.4 Å². The largest absolute Gasteiger partial charge is 0.379 e. The van der Waals surface area contributed by atoms with Crippen LogP contribution in [0, 0.1) is 0 Å². The Morgan fingerprint density at radius 3 is 3.00 bits per heavy atom. The van der Waals surface area contributed by atoms with E-state index in [0.29, 0.717) is 6.42 Å². The summed E-state index contributed by atoms with van der Waals surface area (Å²) >= 11 is 1.63. The summed E-state index contributed by atoms with van der Waals surface area (Å²) in [5.74, 6) is 0.187. The van der Waals surface area contributed by atoms with Gasteiger partial charge in [-0.2, -0.15) is 16.4 Å². The monoisotopic (exact) mass is 319 g/mol. The average Bonchev–Trinajstić information content (AvgIpc) is 3.21. The molecule has 0 aliphatic carbocycles. The van der Waals surface area contributed by atoms with E-state index in [2.05, 4.69) is 5.10 Å². The van der Waals surface area contributed by atoms with Gasteiger partial charge in [0.1, 0.15) is 0 Å². The molecule has 22 heavy (non-hydrogen) atoms. The molecule has 1 aliphatic heterocycles. The number of hydrogen-bond donors (Lipinski definition) is 0. The zero-order valence-corrected chi connectivity index (χ0v) is 13.8. The molecule has 2 aromatic rings. The van der Waals surface area contributed by atoms with E-state index in [1.165, 1.54) is 0 Å². The highest BCUT2D eigenvalue weighted by molar-refractivity contribution is 7.07. The summed E-state index contributed by atoms with van der Waals surface area (Å²) in [6, 6.07) is 2.11. The van der Waals surface area contributed by atoms with Gasteiger partial charge in [0.15, 0.2) is 0 Å². The Balaban J connectivity index is 1.72. The summed E-state index contributed by atoms with van der Waals surface area (Å²) in [4.78, 5) is 14.6. The first-order valence-electron chi connectivity index (χ1n) is 7.48. The molecular formula is C16H21N3O2S. The molecule has 1 amide bonds. The third kappa shape index (κ3) is 3.23. The molecule has 0 aromatic carbocycles. The Bertz CT molecular complexity index is 623. The highest BCUT2D eigenvalue weighted by atomic mass is 32.1. The lowest BCUT2D eigenvalue weighted by atomic mass is 10.0. The number of ether oxygens (including phenoxy) is 1. The van der Waals surface area contributed by atoms with Crippen molar-refractivity contribution in [1.29, 1.82) is 0 Å². The van der Waals surface area contributed by atoms with Gasteiger partial charge < -0.3 is 9.64 Å². The molecule has 1 saturated heterocycles. The Morgan fingerprint density at radius 2 is 2.36 bits per heavy atom. The van der Waals surface area contributed by atoms with Gasteiger partial charge in [0.2, 0.25) is 5.91 Å². The fourth-order valence-electron chi connectivity index (χ4n) is 3.14. The Hall–Kier alpha value is -1.66. The number of amides is 1. The second kappa shape index (κ2) is 6.62. The van der Waals surface area contributed by atoms with Gasteiger partial charge in [0.25, 0.3) is 0 Å². The van der Waals surface area contributed by atoms with Crippen LogP contribution in [0.25, 0.3) is 0 Å². The van der Waals surface area contributed by atoms with Gasteiger partial charge in [-0.15, -0.1) is 0 Å². The first-order valence-corrected chi connectivity index (χ1v) is 8.42. The van der Waals surface area contributed by atoms with Gasteiger partial charge in [-0.3, -0.25) is 9.48 Å². The summed E-state index contributed by atoms with van der Waals surface area (Å²) in [6.45, 7) is 0.770. The van der Waals surface area contributed by atoms with Crippen molar-refractivity contribution >= 4 is 17.2 Å². The van der Waals surface area contributed by atoms with Crippen LogP contribution >= 0.6 is 11.3 Å². The normalized spacial score (nSPS) is 21.5. The van der Waals surface area contributed by atoms with Crippen LogP contribution in [0.5, 0.6) is 0 Å². The first kappa shape index (κ1) is 15.2. The molecule has 3 rings (SSSR count). The van der Waals surface area contributed by atoms with Crippen molar-refractivity contribution in [3.63, 3.8) is 0 Å². The molecule has 0 unspecified atom stereocenters. The number of likely N-dealkylation sites (tertiary alicyclic amines) is 1. The minimum atomic E-state index is 0.0975. The van der Waals surface area contributed by atoms with Gasteiger partial charge in [-0.05, 0) is 40.8 Å². The number of rotatable bonds is 5. The third-order valence-corrected chi connectivity index (χ3v) is 4.98. The van der Waals surface area contributed by atoms with Crippen molar-refractivity contribution in [2.24, 2.45) is 7.05 Å². The van der Waals surface area contributed by atoms with Crippen molar-refractivity contribution in [2.45, 2.75) is 31.4 Å². The van der Waals surface area contributed by atoms with Gasteiger partial charge >= 0.3 is 0 Å². The summed E-state index contributed by atoms with van der Waals surface area (Å²) in [6.07, 6.45) is 6.15. The molecule has 2 aromatic heterocycles. The standard InChI is InChI=1S/C16H21N3O2S/c1-18-10-13(9-17-18)7-14-15(21-2)3-5-19(14)16(20)8-12-4-6-22-11-12/h4,6,9-11,14-15H,3,5,7-8H2,1-2H3/t14-,15-/m0/s1. The Kier molecular flexibility index (Phi) is 4.59. The first-order chi connectivity index (χ1) is 10.7. The Labute approximate surface area is 134 Å². The minimum absolute atomic E-state index is 0.0975. The number of carbonyl (C=O) groups is 1. The van der Waals surface area contributed by atoms with Gasteiger partial charge in [0, 0.05) is 26.9 Å². The SMILES string of the molecule is CO[C@H]1CCN(C(=O)Cc2ccsc2)[C@H]1Cc1cnn(C)c1. The van der Waals surface area contributed by atoms with Crippen molar-refractivity contribution in [3.05, 3.63) is 40.3 Å². The maximum Gasteiger partial charge on any atom is 0.227 e. The predicted octanol–water partition coefficient (Wildman–Crippen LogP) is 1.88. The molecule has 1 fully saturated rings. The second-order valence-electron chi connectivity index (χ2n) is 5.75. The van der Waals surface area contributed by atoms with E-state index >= 15 is 0 Å². The van der Waals surface area contributed by atoms with Crippen molar-refractivity contribution in [3.8, 4) is 0 Å². The molecule has 118 valence electrons. The second-order valence-corrected chi connectivity index (χ2v) is 6.53. The van der Waals surface area contributed by atoms with E-state index in [1.54, 1.807) is 23.1 Å². The van der Waals surface area contributed by atoms with E-state index in [4.69, 9.17) is 4.74 Å². The molecule has 0 saturated carbocycles.